The summed E-state index contributed by atoms with van der Waals surface area (Å²) in [5.41, 5.74) is 1.72. The maximum Gasteiger partial charge on any atom is 0.326 e. The number of H-pyrrole nitrogens is 1. The highest BCUT2D eigenvalue weighted by Crippen LogP contribution is 2.26. The van der Waals surface area contributed by atoms with Crippen LogP contribution in [0.1, 0.15) is 12.8 Å². The van der Waals surface area contributed by atoms with E-state index >= 15 is 0 Å². The molecule has 2 aromatic rings. The van der Waals surface area contributed by atoms with Crippen LogP contribution in [0.4, 0.5) is 0 Å². The summed E-state index contributed by atoms with van der Waals surface area (Å²) in [5, 5.41) is 0. The minimum absolute atomic E-state index is 0.0299. The van der Waals surface area contributed by atoms with Crippen LogP contribution in [0.5, 0.6) is 5.75 Å². The Hall–Kier alpha value is -1.36. The van der Waals surface area contributed by atoms with Gasteiger partial charge in [0, 0.05) is 6.54 Å². The lowest BCUT2D eigenvalue weighted by Gasteiger charge is -2.21. The number of para-hydroxylation sites is 1. The topological polar surface area (TPSA) is 47.0 Å². The summed E-state index contributed by atoms with van der Waals surface area (Å²) in [6.07, 6.45) is 2.40. The number of hydrogen-bond donors (Lipinski definition) is 1. The molecule has 1 aromatic heterocycles. The molecule has 19 heavy (non-hydrogen) atoms. The van der Waals surface area contributed by atoms with Gasteiger partial charge in [0.05, 0.1) is 12.6 Å². The maximum absolute atomic E-state index is 12.1. The number of aromatic nitrogens is 2. The van der Waals surface area contributed by atoms with E-state index in [1.54, 1.807) is 7.11 Å². The molecule has 4 nitrogen and oxygen atoms in total. The number of nitrogens with one attached hydrogen (secondary N) is 1. The summed E-state index contributed by atoms with van der Waals surface area (Å²) >= 11 is 2.01. The average molecular weight is 278 g/mol. The first-order valence-corrected chi connectivity index (χ1v) is 7.78. The molecule has 2 heterocycles. The number of thioether (sulfide) groups is 1. The Kier molecular flexibility index (Phi) is 3.55. The molecule has 0 unspecified atom stereocenters. The van der Waals surface area contributed by atoms with Crippen molar-refractivity contribution in [1.82, 2.24) is 9.55 Å². The third kappa shape index (κ3) is 2.39. The van der Waals surface area contributed by atoms with Crippen molar-refractivity contribution in [1.29, 1.82) is 0 Å². The zero-order valence-corrected chi connectivity index (χ0v) is 11.8. The third-order valence-electron chi connectivity index (χ3n) is 3.77. The molecule has 0 radical (unpaired) electrons. The fourth-order valence-electron chi connectivity index (χ4n) is 2.69. The molecular formula is C14H18N2O2S. The van der Waals surface area contributed by atoms with Crippen molar-refractivity contribution in [2.45, 2.75) is 19.4 Å². The summed E-state index contributed by atoms with van der Waals surface area (Å²) in [4.78, 5) is 15.0. The second-order valence-corrected chi connectivity index (χ2v) is 6.18. The van der Waals surface area contributed by atoms with E-state index in [1.165, 1.54) is 24.3 Å². The molecule has 0 atom stereocenters. The van der Waals surface area contributed by atoms with Gasteiger partial charge in [-0.2, -0.15) is 11.8 Å². The van der Waals surface area contributed by atoms with E-state index in [9.17, 15) is 4.79 Å². The van der Waals surface area contributed by atoms with Crippen LogP contribution in [0.15, 0.2) is 23.0 Å². The highest BCUT2D eigenvalue weighted by Gasteiger charge is 2.17. The Morgan fingerprint density at radius 1 is 1.42 bits per heavy atom. The Morgan fingerprint density at radius 3 is 2.95 bits per heavy atom. The minimum atomic E-state index is -0.0299. The van der Waals surface area contributed by atoms with Crippen molar-refractivity contribution < 1.29 is 4.74 Å². The first-order chi connectivity index (χ1) is 9.29. The van der Waals surface area contributed by atoms with E-state index in [2.05, 4.69) is 4.98 Å². The first kappa shape index (κ1) is 12.7. The lowest BCUT2D eigenvalue weighted by molar-refractivity contribution is 0.416. The summed E-state index contributed by atoms with van der Waals surface area (Å²) in [6, 6.07) is 5.79. The monoisotopic (exact) mass is 278 g/mol. The molecule has 1 saturated heterocycles. The molecule has 5 heteroatoms. The molecule has 0 spiro atoms. The Balaban J connectivity index is 1.98. The summed E-state index contributed by atoms with van der Waals surface area (Å²) < 4.78 is 7.16. The first-order valence-electron chi connectivity index (χ1n) is 6.63. The van der Waals surface area contributed by atoms with Crippen molar-refractivity contribution in [2.24, 2.45) is 5.92 Å². The van der Waals surface area contributed by atoms with Crippen molar-refractivity contribution in [3.63, 3.8) is 0 Å². The van der Waals surface area contributed by atoms with Gasteiger partial charge in [-0.25, -0.2) is 4.79 Å². The van der Waals surface area contributed by atoms with Gasteiger partial charge in [-0.1, -0.05) is 6.07 Å². The van der Waals surface area contributed by atoms with E-state index in [-0.39, 0.29) is 5.69 Å². The number of hydrogen-bond acceptors (Lipinski definition) is 3. The van der Waals surface area contributed by atoms with Crippen molar-refractivity contribution >= 4 is 22.8 Å². The van der Waals surface area contributed by atoms with E-state index in [1.807, 2.05) is 34.5 Å². The van der Waals surface area contributed by atoms with Gasteiger partial charge in [-0.3, -0.25) is 4.57 Å². The van der Waals surface area contributed by atoms with Gasteiger partial charge >= 0.3 is 5.69 Å². The summed E-state index contributed by atoms with van der Waals surface area (Å²) in [7, 11) is 1.63. The molecule has 1 N–H and O–H groups in total. The SMILES string of the molecule is COc1cccc2c1[nH]c(=O)n2CC1CCSCC1. The molecule has 1 aliphatic heterocycles. The van der Waals surface area contributed by atoms with Crippen molar-refractivity contribution in [3.05, 3.63) is 28.7 Å². The van der Waals surface area contributed by atoms with Crippen LogP contribution in [0, 0.1) is 5.92 Å². The number of fused-ring (bicyclic) bond motifs is 1. The largest absolute Gasteiger partial charge is 0.494 e. The molecule has 0 amide bonds. The third-order valence-corrected chi connectivity index (χ3v) is 4.82. The van der Waals surface area contributed by atoms with Crippen LogP contribution >= 0.6 is 11.8 Å². The summed E-state index contributed by atoms with van der Waals surface area (Å²) in [5.74, 6) is 3.77. The van der Waals surface area contributed by atoms with Crippen LogP contribution in [0.25, 0.3) is 11.0 Å². The standard InChI is InChI=1S/C14H18N2O2S/c1-18-12-4-2-3-11-13(12)15-14(17)16(11)9-10-5-7-19-8-6-10/h2-4,10H,5-9H2,1H3,(H,15,17). The van der Waals surface area contributed by atoms with Gasteiger partial charge in [-0.05, 0) is 42.4 Å². The van der Waals surface area contributed by atoms with E-state index < -0.39 is 0 Å². The van der Waals surface area contributed by atoms with Gasteiger partial charge in [0.2, 0.25) is 0 Å². The van der Waals surface area contributed by atoms with Gasteiger partial charge in [0.15, 0.2) is 0 Å². The Morgan fingerprint density at radius 2 is 2.21 bits per heavy atom. The normalized spacial score (nSPS) is 16.9. The van der Waals surface area contributed by atoms with Crippen LogP contribution in [-0.4, -0.2) is 28.2 Å². The van der Waals surface area contributed by atoms with Crippen LogP contribution in [0.3, 0.4) is 0 Å². The number of benzene rings is 1. The number of methoxy groups -OCH3 is 1. The fourth-order valence-corrected chi connectivity index (χ4v) is 3.90. The predicted octanol–water partition coefficient (Wildman–Crippen LogP) is 2.48. The lowest BCUT2D eigenvalue weighted by Crippen LogP contribution is -2.23. The number of imidazole rings is 1. The van der Waals surface area contributed by atoms with Crippen LogP contribution < -0.4 is 10.4 Å². The quantitative estimate of drug-likeness (QED) is 0.938. The van der Waals surface area contributed by atoms with Crippen molar-refractivity contribution in [3.8, 4) is 5.75 Å². The minimum Gasteiger partial charge on any atom is -0.494 e. The Bertz CT molecular complexity index is 626. The van der Waals surface area contributed by atoms with Crippen LogP contribution in [-0.2, 0) is 6.54 Å². The number of nitrogens with zero attached hydrogens (tertiary/aromatic N) is 1. The van der Waals surface area contributed by atoms with Crippen molar-refractivity contribution in [2.75, 3.05) is 18.6 Å². The van der Waals surface area contributed by atoms with Gasteiger partial charge in [-0.15, -0.1) is 0 Å². The summed E-state index contributed by atoms with van der Waals surface area (Å²) in [6.45, 7) is 0.812. The number of ether oxygens (including phenoxy) is 1. The smallest absolute Gasteiger partial charge is 0.326 e. The number of rotatable bonds is 3. The van der Waals surface area contributed by atoms with Gasteiger partial charge < -0.3 is 9.72 Å². The Labute approximate surface area is 116 Å². The molecule has 0 saturated carbocycles. The highest BCUT2D eigenvalue weighted by atomic mass is 32.2. The molecule has 0 aliphatic carbocycles. The molecule has 1 aliphatic rings. The van der Waals surface area contributed by atoms with E-state index in [0.717, 1.165) is 23.3 Å². The molecule has 1 aromatic carbocycles. The molecule has 3 rings (SSSR count). The zero-order valence-electron chi connectivity index (χ0n) is 11.0. The predicted molar refractivity (Wildman–Crippen MR) is 79.2 cm³/mol. The van der Waals surface area contributed by atoms with Crippen LogP contribution in [0.2, 0.25) is 0 Å². The van der Waals surface area contributed by atoms with Gasteiger partial charge in [0.25, 0.3) is 0 Å². The molecule has 102 valence electrons. The second kappa shape index (κ2) is 5.33. The number of aromatic amines is 1. The highest BCUT2D eigenvalue weighted by molar-refractivity contribution is 7.99. The zero-order chi connectivity index (χ0) is 13.2. The molecular weight excluding hydrogens is 260 g/mol. The molecule has 1 fully saturated rings. The maximum atomic E-state index is 12.1. The van der Waals surface area contributed by atoms with Gasteiger partial charge in [0.1, 0.15) is 11.3 Å². The van der Waals surface area contributed by atoms with E-state index in [4.69, 9.17) is 4.74 Å². The second-order valence-electron chi connectivity index (χ2n) is 4.95. The molecule has 0 bridgehead atoms. The lowest BCUT2D eigenvalue weighted by atomic mass is 10.0. The fraction of sp³-hybridized carbons (Fsp3) is 0.500. The average Bonchev–Trinajstić information content (AvgIpc) is 2.76. The van der Waals surface area contributed by atoms with E-state index in [0.29, 0.717) is 5.92 Å².